The van der Waals surface area contributed by atoms with E-state index in [0.717, 1.165) is 22.5 Å². The summed E-state index contributed by atoms with van der Waals surface area (Å²) in [5, 5.41) is 4.49. The van der Waals surface area contributed by atoms with Crippen LogP contribution in [-0.2, 0) is 11.3 Å². The average molecular weight is 327 g/mol. The SMILES string of the molecule is Cc1cc(C)n(Cc2cccc(C(=O)N3C[C@@H](C)O[C@H](C)C3)c2)n1. The Morgan fingerprint density at radius 1 is 1.21 bits per heavy atom. The van der Waals surface area contributed by atoms with Gasteiger partial charge in [0.25, 0.3) is 5.91 Å². The molecule has 5 heteroatoms. The summed E-state index contributed by atoms with van der Waals surface area (Å²) in [6.45, 7) is 10.0. The van der Waals surface area contributed by atoms with Crippen molar-refractivity contribution >= 4 is 5.91 Å². The molecule has 0 aliphatic carbocycles. The number of ether oxygens (including phenoxy) is 1. The van der Waals surface area contributed by atoms with Gasteiger partial charge in [0, 0.05) is 24.3 Å². The Morgan fingerprint density at radius 3 is 2.54 bits per heavy atom. The van der Waals surface area contributed by atoms with E-state index in [1.54, 1.807) is 0 Å². The molecule has 3 rings (SSSR count). The van der Waals surface area contributed by atoms with Gasteiger partial charge in [-0.15, -0.1) is 0 Å². The van der Waals surface area contributed by atoms with E-state index in [1.165, 1.54) is 0 Å². The highest BCUT2D eigenvalue weighted by atomic mass is 16.5. The Labute approximate surface area is 143 Å². The minimum absolute atomic E-state index is 0.0761. The number of aromatic nitrogens is 2. The number of amides is 1. The molecule has 0 spiro atoms. The molecule has 1 aromatic carbocycles. The number of rotatable bonds is 3. The van der Waals surface area contributed by atoms with Gasteiger partial charge < -0.3 is 9.64 Å². The molecule has 2 heterocycles. The third kappa shape index (κ3) is 3.67. The molecule has 128 valence electrons. The zero-order valence-electron chi connectivity index (χ0n) is 14.8. The number of hydrogen-bond donors (Lipinski definition) is 0. The number of morpholine rings is 1. The van der Waals surface area contributed by atoms with Crippen LogP contribution in [0.15, 0.2) is 30.3 Å². The minimum atomic E-state index is 0.0761. The van der Waals surface area contributed by atoms with Gasteiger partial charge in [-0.25, -0.2) is 0 Å². The van der Waals surface area contributed by atoms with Gasteiger partial charge in [0.15, 0.2) is 0 Å². The van der Waals surface area contributed by atoms with Crippen LogP contribution >= 0.6 is 0 Å². The normalized spacial score (nSPS) is 21.1. The molecular formula is C19H25N3O2. The highest BCUT2D eigenvalue weighted by Crippen LogP contribution is 2.16. The summed E-state index contributed by atoms with van der Waals surface area (Å²) in [6.07, 6.45) is 0.158. The summed E-state index contributed by atoms with van der Waals surface area (Å²) >= 11 is 0. The predicted octanol–water partition coefficient (Wildman–Crippen LogP) is 2.80. The molecule has 0 unspecified atom stereocenters. The van der Waals surface area contributed by atoms with E-state index in [9.17, 15) is 4.79 Å². The lowest BCUT2D eigenvalue weighted by molar-refractivity contribution is -0.0586. The van der Waals surface area contributed by atoms with E-state index in [2.05, 4.69) is 11.2 Å². The largest absolute Gasteiger partial charge is 0.372 e. The monoisotopic (exact) mass is 327 g/mol. The molecule has 1 aliphatic heterocycles. The first-order valence-electron chi connectivity index (χ1n) is 8.47. The van der Waals surface area contributed by atoms with Crippen molar-refractivity contribution < 1.29 is 9.53 Å². The third-order valence-electron chi connectivity index (χ3n) is 4.32. The molecular weight excluding hydrogens is 302 g/mol. The van der Waals surface area contributed by atoms with Crippen molar-refractivity contribution in [2.24, 2.45) is 0 Å². The van der Waals surface area contributed by atoms with E-state index in [-0.39, 0.29) is 18.1 Å². The molecule has 24 heavy (non-hydrogen) atoms. The van der Waals surface area contributed by atoms with Gasteiger partial charge in [-0.2, -0.15) is 5.10 Å². The Bertz CT molecular complexity index is 728. The lowest BCUT2D eigenvalue weighted by Crippen LogP contribution is -2.48. The van der Waals surface area contributed by atoms with Gasteiger partial charge >= 0.3 is 0 Å². The number of hydrogen-bond acceptors (Lipinski definition) is 3. The van der Waals surface area contributed by atoms with Crippen LogP contribution in [0.1, 0.15) is 41.2 Å². The fraction of sp³-hybridized carbons (Fsp3) is 0.474. The second-order valence-electron chi connectivity index (χ2n) is 6.75. The molecule has 1 aliphatic rings. The second-order valence-corrected chi connectivity index (χ2v) is 6.75. The van der Waals surface area contributed by atoms with Crippen molar-refractivity contribution in [3.63, 3.8) is 0 Å². The zero-order valence-corrected chi connectivity index (χ0v) is 14.8. The number of aryl methyl sites for hydroxylation is 2. The van der Waals surface area contributed by atoms with Gasteiger partial charge in [-0.3, -0.25) is 9.48 Å². The standard InChI is InChI=1S/C19H25N3O2/c1-13-8-14(2)22(20-13)12-17-6-5-7-18(9-17)19(23)21-10-15(3)24-16(4)11-21/h5-9,15-16H,10-12H2,1-4H3/t15-,16-/m1/s1. The Balaban J connectivity index is 1.77. The van der Waals surface area contributed by atoms with Crippen LogP contribution in [0.3, 0.4) is 0 Å². The van der Waals surface area contributed by atoms with Gasteiger partial charge in [0.1, 0.15) is 0 Å². The highest BCUT2D eigenvalue weighted by molar-refractivity contribution is 5.94. The topological polar surface area (TPSA) is 47.4 Å². The van der Waals surface area contributed by atoms with Crippen LogP contribution in [0.2, 0.25) is 0 Å². The van der Waals surface area contributed by atoms with E-state index in [1.807, 2.05) is 61.5 Å². The van der Waals surface area contributed by atoms with Crippen LogP contribution in [0, 0.1) is 13.8 Å². The maximum absolute atomic E-state index is 12.8. The van der Waals surface area contributed by atoms with Crippen LogP contribution in [0.25, 0.3) is 0 Å². The predicted molar refractivity (Wildman–Crippen MR) is 93.2 cm³/mol. The Morgan fingerprint density at radius 2 is 1.92 bits per heavy atom. The van der Waals surface area contributed by atoms with Crippen LogP contribution < -0.4 is 0 Å². The van der Waals surface area contributed by atoms with E-state index >= 15 is 0 Å². The Kier molecular flexibility index (Phi) is 4.71. The summed E-state index contributed by atoms with van der Waals surface area (Å²) in [5.41, 5.74) is 3.95. The molecule has 0 bridgehead atoms. The van der Waals surface area contributed by atoms with Crippen LogP contribution in [0.4, 0.5) is 0 Å². The van der Waals surface area contributed by atoms with E-state index in [4.69, 9.17) is 4.74 Å². The molecule has 1 saturated heterocycles. The summed E-state index contributed by atoms with van der Waals surface area (Å²) in [7, 11) is 0. The van der Waals surface area contributed by atoms with Crippen molar-refractivity contribution in [1.82, 2.24) is 14.7 Å². The fourth-order valence-corrected chi connectivity index (χ4v) is 3.34. The third-order valence-corrected chi connectivity index (χ3v) is 4.32. The van der Waals surface area contributed by atoms with Crippen LogP contribution in [0.5, 0.6) is 0 Å². The highest BCUT2D eigenvalue weighted by Gasteiger charge is 2.26. The lowest BCUT2D eigenvalue weighted by Gasteiger charge is -2.35. The first-order chi connectivity index (χ1) is 11.4. The van der Waals surface area contributed by atoms with Crippen molar-refractivity contribution in [2.45, 2.75) is 46.4 Å². The van der Waals surface area contributed by atoms with E-state index in [0.29, 0.717) is 19.6 Å². The number of carbonyl (C=O) groups is 1. The molecule has 5 nitrogen and oxygen atoms in total. The zero-order chi connectivity index (χ0) is 17.3. The maximum Gasteiger partial charge on any atom is 0.254 e. The second kappa shape index (κ2) is 6.77. The van der Waals surface area contributed by atoms with Crippen molar-refractivity contribution in [3.05, 3.63) is 52.8 Å². The molecule has 0 N–H and O–H groups in total. The maximum atomic E-state index is 12.8. The van der Waals surface area contributed by atoms with Crippen molar-refractivity contribution in [1.29, 1.82) is 0 Å². The molecule has 0 radical (unpaired) electrons. The number of carbonyl (C=O) groups excluding carboxylic acids is 1. The molecule has 0 saturated carbocycles. The molecule has 1 amide bonds. The van der Waals surface area contributed by atoms with Gasteiger partial charge in [-0.05, 0) is 51.5 Å². The first kappa shape index (κ1) is 16.7. The van der Waals surface area contributed by atoms with Gasteiger partial charge in [-0.1, -0.05) is 12.1 Å². The molecule has 1 fully saturated rings. The summed E-state index contributed by atoms with van der Waals surface area (Å²) < 4.78 is 7.69. The summed E-state index contributed by atoms with van der Waals surface area (Å²) in [5.74, 6) is 0.0761. The number of nitrogens with zero attached hydrogens (tertiary/aromatic N) is 3. The average Bonchev–Trinajstić information content (AvgIpc) is 2.83. The summed E-state index contributed by atoms with van der Waals surface area (Å²) in [4.78, 5) is 14.7. The minimum Gasteiger partial charge on any atom is -0.372 e. The number of benzene rings is 1. The quantitative estimate of drug-likeness (QED) is 0.871. The molecule has 2 aromatic rings. The molecule has 2 atom stereocenters. The van der Waals surface area contributed by atoms with Gasteiger partial charge in [0.05, 0.1) is 24.4 Å². The molecule has 1 aromatic heterocycles. The van der Waals surface area contributed by atoms with Crippen LogP contribution in [-0.4, -0.2) is 45.9 Å². The lowest BCUT2D eigenvalue weighted by atomic mass is 10.1. The smallest absolute Gasteiger partial charge is 0.254 e. The van der Waals surface area contributed by atoms with Crippen molar-refractivity contribution in [2.75, 3.05) is 13.1 Å². The Hall–Kier alpha value is -2.14. The van der Waals surface area contributed by atoms with Gasteiger partial charge in [0.2, 0.25) is 0 Å². The van der Waals surface area contributed by atoms with Crippen molar-refractivity contribution in [3.8, 4) is 0 Å². The fourth-order valence-electron chi connectivity index (χ4n) is 3.34. The first-order valence-corrected chi connectivity index (χ1v) is 8.47. The van der Waals surface area contributed by atoms with E-state index < -0.39 is 0 Å². The summed E-state index contributed by atoms with van der Waals surface area (Å²) in [6, 6.07) is 9.91.